The molecular formula is C25H34N4O4. The minimum absolute atomic E-state index is 0.250. The van der Waals surface area contributed by atoms with Gasteiger partial charge >= 0.3 is 6.09 Å². The number of carbonyl (C=O) groups is 2. The summed E-state index contributed by atoms with van der Waals surface area (Å²) in [5, 5.41) is 9.00. The zero-order valence-electron chi connectivity index (χ0n) is 19.6. The molecule has 1 saturated heterocycles. The highest BCUT2D eigenvalue weighted by molar-refractivity contribution is 6.06. The highest BCUT2D eigenvalue weighted by Gasteiger charge is 2.18. The van der Waals surface area contributed by atoms with Crippen molar-refractivity contribution in [2.75, 3.05) is 50.0 Å². The number of morpholine rings is 1. The normalized spacial score (nSPS) is 14.5. The molecule has 1 heterocycles. The van der Waals surface area contributed by atoms with E-state index in [2.05, 4.69) is 20.9 Å². The molecule has 0 aromatic heterocycles. The summed E-state index contributed by atoms with van der Waals surface area (Å²) in [7, 11) is 0. The topological polar surface area (TPSA) is 91.9 Å². The fraction of sp³-hybridized carbons (Fsp3) is 0.440. The fourth-order valence-corrected chi connectivity index (χ4v) is 3.38. The number of rotatable bonds is 8. The Morgan fingerprint density at radius 2 is 1.61 bits per heavy atom. The van der Waals surface area contributed by atoms with Crippen molar-refractivity contribution in [1.29, 1.82) is 0 Å². The third-order valence-electron chi connectivity index (χ3n) is 5.06. The first-order chi connectivity index (χ1) is 15.8. The van der Waals surface area contributed by atoms with Crippen LogP contribution in [0.25, 0.3) is 0 Å². The number of para-hydroxylation sites is 2. The molecule has 8 heteroatoms. The highest BCUT2D eigenvalue weighted by atomic mass is 16.6. The van der Waals surface area contributed by atoms with Crippen LogP contribution in [0.4, 0.5) is 16.2 Å². The molecule has 0 radical (unpaired) electrons. The standard InChI is InChI=1S/C25H34N4O4/c1-25(2,3)33-24(31)28-22-7-5-4-6-21(22)27-23(30)20-10-8-19(9-11-20)18-26-12-13-29-14-16-32-17-15-29/h4-11,26H,12-18H2,1-3H3,(H,27,30)(H,28,31). The zero-order chi connectivity index (χ0) is 23.7. The maximum Gasteiger partial charge on any atom is 0.412 e. The molecule has 8 nitrogen and oxygen atoms in total. The molecule has 2 amide bonds. The minimum Gasteiger partial charge on any atom is -0.444 e. The van der Waals surface area contributed by atoms with E-state index >= 15 is 0 Å². The van der Waals surface area contributed by atoms with Gasteiger partial charge in [0.15, 0.2) is 0 Å². The molecule has 3 N–H and O–H groups in total. The number of benzene rings is 2. The molecule has 0 atom stereocenters. The van der Waals surface area contributed by atoms with E-state index in [4.69, 9.17) is 9.47 Å². The molecule has 2 aromatic rings. The summed E-state index contributed by atoms with van der Waals surface area (Å²) in [6.45, 7) is 11.6. The first-order valence-electron chi connectivity index (χ1n) is 11.3. The van der Waals surface area contributed by atoms with Crippen molar-refractivity contribution >= 4 is 23.4 Å². The van der Waals surface area contributed by atoms with E-state index < -0.39 is 11.7 Å². The van der Waals surface area contributed by atoms with Crippen LogP contribution in [0.15, 0.2) is 48.5 Å². The number of nitrogens with zero attached hydrogens (tertiary/aromatic N) is 1. The minimum atomic E-state index is -0.610. The van der Waals surface area contributed by atoms with Gasteiger partial charge in [0, 0.05) is 38.3 Å². The Kier molecular flexibility index (Phi) is 8.82. The number of hydrogen-bond acceptors (Lipinski definition) is 6. The molecular weight excluding hydrogens is 420 g/mol. The number of anilines is 2. The second-order valence-electron chi connectivity index (χ2n) is 8.95. The van der Waals surface area contributed by atoms with Gasteiger partial charge in [-0.15, -0.1) is 0 Å². The number of ether oxygens (including phenoxy) is 2. The van der Waals surface area contributed by atoms with Crippen LogP contribution in [-0.4, -0.2) is 61.9 Å². The molecule has 2 aromatic carbocycles. The Bertz CT molecular complexity index is 919. The molecule has 1 fully saturated rings. The van der Waals surface area contributed by atoms with Crippen LogP contribution < -0.4 is 16.0 Å². The third-order valence-corrected chi connectivity index (χ3v) is 5.06. The summed E-state index contributed by atoms with van der Waals surface area (Å²) in [4.78, 5) is 27.2. The van der Waals surface area contributed by atoms with Crippen molar-refractivity contribution in [1.82, 2.24) is 10.2 Å². The average molecular weight is 455 g/mol. The molecule has 1 aliphatic rings. The average Bonchev–Trinajstić information content (AvgIpc) is 2.78. The van der Waals surface area contributed by atoms with Gasteiger partial charge in [-0.3, -0.25) is 15.0 Å². The summed E-state index contributed by atoms with van der Waals surface area (Å²) in [6, 6.07) is 14.5. The van der Waals surface area contributed by atoms with Crippen molar-refractivity contribution in [2.24, 2.45) is 0 Å². The van der Waals surface area contributed by atoms with Gasteiger partial charge in [-0.2, -0.15) is 0 Å². The number of amides is 2. The SMILES string of the molecule is CC(C)(C)OC(=O)Nc1ccccc1NC(=O)c1ccc(CNCCN2CCOCC2)cc1. The van der Waals surface area contributed by atoms with Crippen LogP contribution in [0, 0.1) is 0 Å². The lowest BCUT2D eigenvalue weighted by Gasteiger charge is -2.26. The van der Waals surface area contributed by atoms with Gasteiger partial charge in [0.1, 0.15) is 5.60 Å². The van der Waals surface area contributed by atoms with E-state index in [0.29, 0.717) is 16.9 Å². The molecule has 1 aliphatic heterocycles. The van der Waals surface area contributed by atoms with Gasteiger partial charge in [0.05, 0.1) is 24.6 Å². The van der Waals surface area contributed by atoms with Crippen molar-refractivity contribution in [3.05, 3.63) is 59.7 Å². The summed E-state index contributed by atoms with van der Waals surface area (Å²) in [6.07, 6.45) is -0.574. The molecule has 3 rings (SSSR count). The van der Waals surface area contributed by atoms with E-state index in [1.807, 2.05) is 12.1 Å². The van der Waals surface area contributed by atoms with E-state index in [0.717, 1.165) is 51.5 Å². The Hall–Kier alpha value is -2.94. The second kappa shape index (κ2) is 11.8. The lowest BCUT2D eigenvalue weighted by atomic mass is 10.1. The van der Waals surface area contributed by atoms with E-state index in [-0.39, 0.29) is 5.91 Å². The maximum absolute atomic E-state index is 12.7. The van der Waals surface area contributed by atoms with Crippen LogP contribution >= 0.6 is 0 Å². The largest absolute Gasteiger partial charge is 0.444 e. The highest BCUT2D eigenvalue weighted by Crippen LogP contribution is 2.23. The zero-order valence-corrected chi connectivity index (χ0v) is 19.6. The van der Waals surface area contributed by atoms with Crippen molar-refractivity contribution in [3.8, 4) is 0 Å². The lowest BCUT2D eigenvalue weighted by Crippen LogP contribution is -2.40. The summed E-state index contributed by atoms with van der Waals surface area (Å²) in [5.74, 6) is -0.250. The maximum atomic E-state index is 12.7. The van der Waals surface area contributed by atoms with Crippen molar-refractivity contribution in [3.63, 3.8) is 0 Å². The van der Waals surface area contributed by atoms with Gasteiger partial charge in [-0.05, 0) is 50.6 Å². The Labute approximate surface area is 195 Å². The van der Waals surface area contributed by atoms with Crippen LogP contribution in [0.5, 0.6) is 0 Å². The monoisotopic (exact) mass is 454 g/mol. The van der Waals surface area contributed by atoms with Gasteiger partial charge < -0.3 is 20.1 Å². The van der Waals surface area contributed by atoms with E-state index in [9.17, 15) is 9.59 Å². The van der Waals surface area contributed by atoms with Crippen LogP contribution in [-0.2, 0) is 16.0 Å². The number of hydrogen-bond donors (Lipinski definition) is 3. The second-order valence-corrected chi connectivity index (χ2v) is 8.95. The Morgan fingerprint density at radius 3 is 2.24 bits per heavy atom. The molecule has 0 spiro atoms. The third kappa shape index (κ3) is 8.49. The predicted molar refractivity (Wildman–Crippen MR) is 130 cm³/mol. The Morgan fingerprint density at radius 1 is 0.970 bits per heavy atom. The van der Waals surface area contributed by atoms with Gasteiger partial charge in [-0.25, -0.2) is 4.79 Å². The molecule has 0 unspecified atom stereocenters. The van der Waals surface area contributed by atoms with Crippen LogP contribution in [0.1, 0.15) is 36.7 Å². The van der Waals surface area contributed by atoms with E-state index in [1.165, 1.54) is 0 Å². The Balaban J connectivity index is 1.49. The smallest absolute Gasteiger partial charge is 0.412 e. The number of nitrogens with one attached hydrogen (secondary N) is 3. The molecule has 0 bridgehead atoms. The fourth-order valence-electron chi connectivity index (χ4n) is 3.38. The predicted octanol–water partition coefficient (Wildman–Crippen LogP) is 3.71. The van der Waals surface area contributed by atoms with Gasteiger partial charge in [-0.1, -0.05) is 24.3 Å². The van der Waals surface area contributed by atoms with Gasteiger partial charge in [0.2, 0.25) is 0 Å². The van der Waals surface area contributed by atoms with E-state index in [1.54, 1.807) is 57.2 Å². The summed E-state index contributed by atoms with van der Waals surface area (Å²) < 4.78 is 10.7. The first kappa shape index (κ1) is 24.7. The lowest BCUT2D eigenvalue weighted by molar-refractivity contribution is 0.0384. The first-order valence-corrected chi connectivity index (χ1v) is 11.3. The van der Waals surface area contributed by atoms with Crippen LogP contribution in [0.2, 0.25) is 0 Å². The molecule has 33 heavy (non-hydrogen) atoms. The van der Waals surface area contributed by atoms with Crippen molar-refractivity contribution < 1.29 is 19.1 Å². The van der Waals surface area contributed by atoms with Crippen LogP contribution in [0.3, 0.4) is 0 Å². The van der Waals surface area contributed by atoms with Gasteiger partial charge in [0.25, 0.3) is 5.91 Å². The summed E-state index contributed by atoms with van der Waals surface area (Å²) >= 11 is 0. The number of carbonyl (C=O) groups excluding carboxylic acids is 2. The quantitative estimate of drug-likeness (QED) is 0.527. The molecule has 178 valence electrons. The summed E-state index contributed by atoms with van der Waals surface area (Å²) in [5.41, 5.74) is 2.02. The molecule has 0 aliphatic carbocycles. The van der Waals surface area contributed by atoms with Crippen molar-refractivity contribution in [2.45, 2.75) is 32.9 Å². The molecule has 0 saturated carbocycles.